The van der Waals surface area contributed by atoms with Crippen LogP contribution >= 0.6 is 23.2 Å². The first-order chi connectivity index (χ1) is 8.54. The quantitative estimate of drug-likeness (QED) is 0.843. The average molecular weight is 282 g/mol. The molecule has 0 amide bonds. The van der Waals surface area contributed by atoms with Gasteiger partial charge >= 0.3 is 0 Å². The van der Waals surface area contributed by atoms with Gasteiger partial charge in [-0.3, -0.25) is 0 Å². The van der Waals surface area contributed by atoms with Crippen molar-refractivity contribution in [3.8, 4) is 17.7 Å². The van der Waals surface area contributed by atoms with Gasteiger partial charge in [0.1, 0.15) is 22.4 Å². The zero-order valence-electron chi connectivity index (χ0n) is 9.74. The average Bonchev–Trinajstić information content (AvgIpc) is 2.59. The summed E-state index contributed by atoms with van der Waals surface area (Å²) in [4.78, 5) is 0. The molecule has 0 saturated carbocycles. The second-order valence-corrected chi connectivity index (χ2v) is 4.44. The fourth-order valence-corrected chi connectivity index (χ4v) is 1.88. The van der Waals surface area contributed by atoms with E-state index in [4.69, 9.17) is 33.2 Å². The van der Waals surface area contributed by atoms with E-state index in [-0.39, 0.29) is 0 Å². The van der Waals surface area contributed by atoms with Crippen molar-refractivity contribution in [2.24, 2.45) is 7.05 Å². The van der Waals surface area contributed by atoms with E-state index in [0.29, 0.717) is 32.9 Å². The number of aromatic nitrogens is 2. The second kappa shape index (κ2) is 4.89. The number of benzene rings is 1. The lowest BCUT2D eigenvalue weighted by Gasteiger charge is -2.08. The fourth-order valence-electron chi connectivity index (χ4n) is 1.55. The third kappa shape index (κ3) is 2.15. The van der Waals surface area contributed by atoms with Crippen molar-refractivity contribution < 1.29 is 4.74 Å². The number of nitriles is 1. The molecule has 2 rings (SSSR count). The molecule has 0 aliphatic rings. The topological polar surface area (TPSA) is 50.8 Å². The van der Waals surface area contributed by atoms with Gasteiger partial charge in [-0.2, -0.15) is 10.4 Å². The number of aryl methyl sites for hydroxylation is 2. The van der Waals surface area contributed by atoms with Crippen LogP contribution in [0.25, 0.3) is 0 Å². The van der Waals surface area contributed by atoms with Crippen LogP contribution in [0.2, 0.25) is 10.0 Å². The number of nitrogens with zero attached hydrogens (tertiary/aromatic N) is 3. The van der Waals surface area contributed by atoms with Gasteiger partial charge in [0, 0.05) is 7.05 Å². The van der Waals surface area contributed by atoms with Gasteiger partial charge in [-0.25, -0.2) is 4.68 Å². The van der Waals surface area contributed by atoms with Crippen LogP contribution in [0.3, 0.4) is 0 Å². The van der Waals surface area contributed by atoms with Crippen molar-refractivity contribution in [1.82, 2.24) is 9.78 Å². The highest BCUT2D eigenvalue weighted by molar-refractivity contribution is 6.42. The van der Waals surface area contributed by atoms with Gasteiger partial charge in [-0.15, -0.1) is 0 Å². The SMILES string of the molecule is Cc1nn(C)c(Oc2cccc(Cl)c2Cl)c1C#N. The summed E-state index contributed by atoms with van der Waals surface area (Å²) in [7, 11) is 1.70. The van der Waals surface area contributed by atoms with Crippen LogP contribution in [0.1, 0.15) is 11.3 Å². The van der Waals surface area contributed by atoms with Crippen LogP contribution in [-0.2, 0) is 7.05 Å². The molecule has 0 aliphatic carbocycles. The normalized spacial score (nSPS) is 10.2. The Morgan fingerprint density at radius 1 is 1.39 bits per heavy atom. The van der Waals surface area contributed by atoms with Crippen molar-refractivity contribution in [2.75, 3.05) is 0 Å². The Morgan fingerprint density at radius 3 is 2.78 bits per heavy atom. The summed E-state index contributed by atoms with van der Waals surface area (Å²) in [6.45, 7) is 1.74. The molecule has 92 valence electrons. The van der Waals surface area contributed by atoms with Crippen molar-refractivity contribution in [2.45, 2.75) is 6.92 Å². The Morgan fingerprint density at radius 2 is 2.11 bits per heavy atom. The number of halogens is 2. The van der Waals surface area contributed by atoms with Crippen molar-refractivity contribution in [3.05, 3.63) is 39.5 Å². The van der Waals surface area contributed by atoms with E-state index in [0.717, 1.165) is 0 Å². The lowest BCUT2D eigenvalue weighted by atomic mass is 10.3. The Labute approximate surface area is 114 Å². The number of hydrogen-bond acceptors (Lipinski definition) is 3. The first-order valence-corrected chi connectivity index (χ1v) is 5.85. The molecule has 0 unspecified atom stereocenters. The van der Waals surface area contributed by atoms with Crippen molar-refractivity contribution in [3.63, 3.8) is 0 Å². The Balaban J connectivity index is 2.47. The highest BCUT2D eigenvalue weighted by atomic mass is 35.5. The van der Waals surface area contributed by atoms with Gasteiger partial charge in [-0.05, 0) is 19.1 Å². The third-order valence-corrected chi connectivity index (χ3v) is 3.21. The molecule has 1 aromatic carbocycles. The van der Waals surface area contributed by atoms with Gasteiger partial charge in [0.2, 0.25) is 5.88 Å². The summed E-state index contributed by atoms with van der Waals surface area (Å²) < 4.78 is 7.12. The lowest BCUT2D eigenvalue weighted by molar-refractivity contribution is 0.429. The second-order valence-electron chi connectivity index (χ2n) is 3.65. The molecular formula is C12H9Cl2N3O. The largest absolute Gasteiger partial charge is 0.436 e. The van der Waals surface area contributed by atoms with Gasteiger partial charge in [0.25, 0.3) is 0 Å². The Bertz CT molecular complexity index is 644. The molecule has 0 atom stereocenters. The monoisotopic (exact) mass is 281 g/mol. The molecular weight excluding hydrogens is 273 g/mol. The molecule has 0 N–H and O–H groups in total. The van der Waals surface area contributed by atoms with E-state index in [2.05, 4.69) is 11.2 Å². The fraction of sp³-hybridized carbons (Fsp3) is 0.167. The standard InChI is InChI=1S/C12H9Cl2N3O/c1-7-8(6-15)12(17(2)16-7)18-10-5-3-4-9(13)11(10)14/h3-5H,1-2H3. The van der Waals surface area contributed by atoms with Crippen LogP contribution in [0.5, 0.6) is 11.6 Å². The Hall–Kier alpha value is -1.70. The molecule has 6 heteroatoms. The zero-order chi connectivity index (χ0) is 13.3. The van der Waals surface area contributed by atoms with E-state index >= 15 is 0 Å². The summed E-state index contributed by atoms with van der Waals surface area (Å²) in [5, 5.41) is 13.9. The summed E-state index contributed by atoms with van der Waals surface area (Å²) in [5.74, 6) is 0.739. The number of ether oxygens (including phenoxy) is 1. The van der Waals surface area contributed by atoms with Crippen LogP contribution in [-0.4, -0.2) is 9.78 Å². The maximum absolute atomic E-state index is 9.07. The van der Waals surface area contributed by atoms with Gasteiger partial charge < -0.3 is 4.74 Å². The first kappa shape index (κ1) is 12.7. The van der Waals surface area contributed by atoms with E-state index < -0.39 is 0 Å². The maximum Gasteiger partial charge on any atom is 0.235 e. The molecule has 4 nitrogen and oxygen atoms in total. The van der Waals surface area contributed by atoms with Crippen LogP contribution in [0.4, 0.5) is 0 Å². The van der Waals surface area contributed by atoms with E-state index in [9.17, 15) is 0 Å². The highest BCUT2D eigenvalue weighted by Gasteiger charge is 2.16. The number of hydrogen-bond donors (Lipinski definition) is 0. The Kier molecular flexibility index (Phi) is 3.46. The van der Waals surface area contributed by atoms with Crippen molar-refractivity contribution in [1.29, 1.82) is 5.26 Å². The summed E-state index contributed by atoms with van der Waals surface area (Å²) in [6.07, 6.45) is 0. The van der Waals surface area contributed by atoms with Gasteiger partial charge in [-0.1, -0.05) is 29.3 Å². The predicted octanol–water partition coefficient (Wildman–Crippen LogP) is 3.70. The molecule has 2 aromatic rings. The molecule has 1 heterocycles. The molecule has 18 heavy (non-hydrogen) atoms. The van der Waals surface area contributed by atoms with Crippen LogP contribution in [0, 0.1) is 18.3 Å². The van der Waals surface area contributed by atoms with Crippen LogP contribution < -0.4 is 4.74 Å². The maximum atomic E-state index is 9.07. The summed E-state index contributed by atoms with van der Waals surface area (Å²) >= 11 is 11.9. The third-order valence-electron chi connectivity index (χ3n) is 2.40. The molecule has 0 fully saturated rings. The highest BCUT2D eigenvalue weighted by Crippen LogP contribution is 2.35. The zero-order valence-corrected chi connectivity index (χ0v) is 11.2. The molecule has 0 spiro atoms. The minimum absolute atomic E-state index is 0.307. The smallest absolute Gasteiger partial charge is 0.235 e. The molecule has 1 aromatic heterocycles. The van der Waals surface area contributed by atoms with Gasteiger partial charge in [0.05, 0.1) is 10.7 Å². The molecule has 0 saturated heterocycles. The molecule has 0 aliphatic heterocycles. The molecule has 0 radical (unpaired) electrons. The van der Waals surface area contributed by atoms with Crippen molar-refractivity contribution >= 4 is 23.2 Å². The van der Waals surface area contributed by atoms with E-state index in [1.54, 1.807) is 32.2 Å². The minimum atomic E-state index is 0.307. The van der Waals surface area contributed by atoms with Crippen LogP contribution in [0.15, 0.2) is 18.2 Å². The predicted molar refractivity (Wildman–Crippen MR) is 69.2 cm³/mol. The van der Waals surface area contributed by atoms with E-state index in [1.165, 1.54) is 4.68 Å². The molecule has 0 bridgehead atoms. The summed E-state index contributed by atoms with van der Waals surface area (Å²) in [5.41, 5.74) is 0.988. The minimum Gasteiger partial charge on any atom is -0.436 e. The summed E-state index contributed by atoms with van der Waals surface area (Å²) in [6, 6.07) is 7.12. The first-order valence-electron chi connectivity index (χ1n) is 5.10. The number of rotatable bonds is 2. The van der Waals surface area contributed by atoms with E-state index in [1.807, 2.05) is 0 Å². The van der Waals surface area contributed by atoms with Gasteiger partial charge in [0.15, 0.2) is 0 Å². The lowest BCUT2D eigenvalue weighted by Crippen LogP contribution is -1.96.